The van der Waals surface area contributed by atoms with Crippen LogP contribution in [0, 0.1) is 11.3 Å². The van der Waals surface area contributed by atoms with Crippen LogP contribution < -0.4 is 10.6 Å². The molecule has 0 aromatic heterocycles. The van der Waals surface area contributed by atoms with Gasteiger partial charge in [0, 0.05) is 13.7 Å². The van der Waals surface area contributed by atoms with Gasteiger partial charge in [0.2, 0.25) is 0 Å². The number of nitriles is 1. The van der Waals surface area contributed by atoms with E-state index in [1.54, 1.807) is 36.4 Å². The van der Waals surface area contributed by atoms with Gasteiger partial charge in [0.15, 0.2) is 15.9 Å². The van der Waals surface area contributed by atoms with E-state index in [9.17, 15) is 18.0 Å². The molecule has 1 unspecified atom stereocenters. The molecule has 9 nitrogen and oxygen atoms in total. The monoisotopic (exact) mass is 383 g/mol. The minimum Gasteiger partial charge on any atom is -0.435 e. The third-order valence-corrected chi connectivity index (χ3v) is 4.68. The summed E-state index contributed by atoms with van der Waals surface area (Å²) >= 11 is 0. The summed E-state index contributed by atoms with van der Waals surface area (Å²) in [5, 5.41) is 13.1. The van der Waals surface area contributed by atoms with E-state index >= 15 is 0 Å². The summed E-state index contributed by atoms with van der Waals surface area (Å²) in [5.41, 5.74) is 0.549. The summed E-state index contributed by atoms with van der Waals surface area (Å²) in [5.74, 6) is -1.86. The van der Waals surface area contributed by atoms with Gasteiger partial charge in [0.05, 0.1) is 24.2 Å². The number of carbonyl (C=O) groups excluding carboxylic acids is 2. The zero-order valence-electron chi connectivity index (χ0n) is 14.3. The molecule has 0 aliphatic heterocycles. The number of rotatable bonds is 10. The zero-order valence-corrected chi connectivity index (χ0v) is 15.1. The topological polar surface area (TPSA) is 135 Å². The highest BCUT2D eigenvalue weighted by molar-refractivity contribution is 7.90. The van der Waals surface area contributed by atoms with E-state index < -0.39 is 33.7 Å². The first-order valence-electron chi connectivity index (χ1n) is 7.70. The van der Waals surface area contributed by atoms with Crippen molar-refractivity contribution in [2.45, 2.75) is 11.9 Å². The molecular formula is C16H21N3O6S. The van der Waals surface area contributed by atoms with Crippen molar-refractivity contribution in [3.63, 3.8) is 0 Å². The average molecular weight is 383 g/mol. The minimum atomic E-state index is -3.75. The number of nitrogens with one attached hydrogen (secondary N) is 2. The lowest BCUT2D eigenvalue weighted by molar-refractivity contribution is -0.128. The Labute approximate surface area is 152 Å². The largest absolute Gasteiger partial charge is 0.435 e. The van der Waals surface area contributed by atoms with Crippen LogP contribution in [0.25, 0.3) is 0 Å². The maximum absolute atomic E-state index is 12.4. The van der Waals surface area contributed by atoms with Gasteiger partial charge in [-0.25, -0.2) is 13.2 Å². The average Bonchev–Trinajstić information content (AvgIpc) is 2.59. The molecule has 1 aromatic carbocycles. The van der Waals surface area contributed by atoms with Crippen LogP contribution >= 0.6 is 0 Å². The summed E-state index contributed by atoms with van der Waals surface area (Å²) in [4.78, 5) is 23.8. The number of amides is 2. The van der Waals surface area contributed by atoms with Gasteiger partial charge in [-0.05, 0) is 5.56 Å². The predicted octanol–water partition coefficient (Wildman–Crippen LogP) is -0.0176. The quantitative estimate of drug-likeness (QED) is 0.428. The number of hydrogen-bond acceptors (Lipinski definition) is 7. The van der Waals surface area contributed by atoms with Gasteiger partial charge in [-0.15, -0.1) is 0 Å². The maximum atomic E-state index is 12.4. The lowest BCUT2D eigenvalue weighted by Gasteiger charge is -2.17. The number of hydrogen-bond donors (Lipinski definition) is 2. The van der Waals surface area contributed by atoms with Crippen LogP contribution in [0.15, 0.2) is 30.3 Å². The first-order chi connectivity index (χ1) is 12.4. The van der Waals surface area contributed by atoms with Crippen molar-refractivity contribution in [1.82, 2.24) is 10.6 Å². The van der Waals surface area contributed by atoms with Crippen LogP contribution in [0.1, 0.15) is 5.56 Å². The Kier molecular flexibility index (Phi) is 9.11. The number of carbonyl (C=O) groups is 2. The molecule has 1 atom stereocenters. The molecule has 2 amide bonds. The SMILES string of the molecule is COCCNC(=O)OC(CS(=O)(=O)Cc1ccccc1)C(=O)NCC#N. The molecule has 0 saturated carbocycles. The lowest BCUT2D eigenvalue weighted by atomic mass is 10.2. The van der Waals surface area contributed by atoms with Gasteiger partial charge in [0.25, 0.3) is 5.91 Å². The molecule has 0 saturated heterocycles. The minimum absolute atomic E-state index is 0.138. The number of benzene rings is 1. The smallest absolute Gasteiger partial charge is 0.408 e. The Balaban J connectivity index is 2.78. The number of nitrogens with zero attached hydrogens (tertiary/aromatic N) is 1. The molecule has 1 rings (SSSR count). The van der Waals surface area contributed by atoms with Crippen molar-refractivity contribution in [2.24, 2.45) is 0 Å². The van der Waals surface area contributed by atoms with E-state index in [0.717, 1.165) is 0 Å². The van der Waals surface area contributed by atoms with E-state index in [2.05, 4.69) is 10.6 Å². The molecule has 0 fully saturated rings. The highest BCUT2D eigenvalue weighted by Gasteiger charge is 2.29. The zero-order chi connectivity index (χ0) is 19.4. The van der Waals surface area contributed by atoms with Gasteiger partial charge in [0.1, 0.15) is 6.54 Å². The molecule has 0 aliphatic carbocycles. The third kappa shape index (κ3) is 8.46. The summed E-state index contributed by atoms with van der Waals surface area (Å²) in [6.45, 7) is 0.0358. The van der Waals surface area contributed by atoms with Gasteiger partial charge in [-0.2, -0.15) is 5.26 Å². The fourth-order valence-electron chi connectivity index (χ4n) is 1.95. The van der Waals surface area contributed by atoms with Crippen LogP contribution in [-0.4, -0.2) is 59.1 Å². The Hall–Kier alpha value is -2.64. The van der Waals surface area contributed by atoms with Crippen molar-refractivity contribution in [3.05, 3.63) is 35.9 Å². The van der Waals surface area contributed by atoms with Gasteiger partial charge in [-0.1, -0.05) is 30.3 Å². The van der Waals surface area contributed by atoms with E-state index in [-0.39, 0.29) is 25.4 Å². The standard InChI is InChI=1S/C16H21N3O6S/c1-24-10-9-19-16(21)25-14(15(20)18-8-7-17)12-26(22,23)11-13-5-3-2-4-6-13/h2-6,14H,8-12H2,1H3,(H,18,20)(H,19,21). The number of methoxy groups -OCH3 is 1. The molecule has 1 aromatic rings. The molecule has 26 heavy (non-hydrogen) atoms. The summed E-state index contributed by atoms with van der Waals surface area (Å²) in [6.07, 6.45) is -2.52. The summed E-state index contributed by atoms with van der Waals surface area (Å²) in [6, 6.07) is 10.1. The Bertz CT molecular complexity index is 730. The Morgan fingerprint density at radius 3 is 2.54 bits per heavy atom. The third-order valence-electron chi connectivity index (χ3n) is 3.09. The molecule has 2 N–H and O–H groups in total. The second-order valence-electron chi connectivity index (χ2n) is 5.23. The summed E-state index contributed by atoms with van der Waals surface area (Å²) < 4.78 is 34.4. The van der Waals surface area contributed by atoms with Crippen molar-refractivity contribution < 1.29 is 27.5 Å². The Morgan fingerprint density at radius 1 is 1.23 bits per heavy atom. The molecule has 0 radical (unpaired) electrons. The van der Waals surface area contributed by atoms with Crippen LogP contribution in [0.3, 0.4) is 0 Å². The van der Waals surface area contributed by atoms with Crippen molar-refractivity contribution in [2.75, 3.05) is 32.6 Å². The van der Waals surface area contributed by atoms with Crippen LogP contribution in [-0.2, 0) is 29.9 Å². The summed E-state index contributed by atoms with van der Waals surface area (Å²) in [7, 11) is -2.30. The number of ether oxygens (including phenoxy) is 2. The van der Waals surface area contributed by atoms with Crippen molar-refractivity contribution in [1.29, 1.82) is 5.26 Å². The normalized spacial score (nSPS) is 11.8. The van der Waals surface area contributed by atoms with E-state index in [0.29, 0.717) is 5.56 Å². The second kappa shape index (κ2) is 11.1. The van der Waals surface area contributed by atoms with E-state index in [4.69, 9.17) is 14.7 Å². The molecule has 142 valence electrons. The molecule has 10 heteroatoms. The number of alkyl carbamates (subject to hydrolysis) is 1. The van der Waals surface area contributed by atoms with Crippen LogP contribution in [0.4, 0.5) is 4.79 Å². The molecule has 0 heterocycles. The molecular weight excluding hydrogens is 362 g/mol. The van der Waals surface area contributed by atoms with Gasteiger partial charge < -0.3 is 20.1 Å². The Morgan fingerprint density at radius 2 is 1.92 bits per heavy atom. The van der Waals surface area contributed by atoms with Crippen molar-refractivity contribution >= 4 is 21.8 Å². The molecule has 0 aliphatic rings. The first-order valence-corrected chi connectivity index (χ1v) is 9.52. The predicted molar refractivity (Wildman–Crippen MR) is 92.7 cm³/mol. The van der Waals surface area contributed by atoms with E-state index in [1.165, 1.54) is 7.11 Å². The fourth-order valence-corrected chi connectivity index (χ4v) is 3.45. The highest BCUT2D eigenvalue weighted by Crippen LogP contribution is 2.09. The van der Waals surface area contributed by atoms with E-state index in [1.807, 2.05) is 0 Å². The molecule has 0 bridgehead atoms. The maximum Gasteiger partial charge on any atom is 0.408 e. The molecule has 0 spiro atoms. The first kappa shape index (κ1) is 21.4. The van der Waals surface area contributed by atoms with Crippen molar-refractivity contribution in [3.8, 4) is 6.07 Å². The second-order valence-corrected chi connectivity index (χ2v) is 7.34. The van der Waals surface area contributed by atoms with Gasteiger partial charge >= 0.3 is 6.09 Å². The lowest BCUT2D eigenvalue weighted by Crippen LogP contribution is -2.44. The highest BCUT2D eigenvalue weighted by atomic mass is 32.2. The fraction of sp³-hybridized carbons (Fsp3) is 0.438. The van der Waals surface area contributed by atoms with Crippen LogP contribution in [0.5, 0.6) is 0 Å². The van der Waals surface area contributed by atoms with Gasteiger partial charge in [-0.3, -0.25) is 4.79 Å². The van der Waals surface area contributed by atoms with Crippen LogP contribution in [0.2, 0.25) is 0 Å². The number of sulfone groups is 1.